The molecule has 0 radical (unpaired) electrons. The third kappa shape index (κ3) is 4.80. The molecule has 15 heavy (non-hydrogen) atoms. The van der Waals surface area contributed by atoms with E-state index in [9.17, 15) is 0 Å². The first-order chi connectivity index (χ1) is 7.38. The first-order valence-corrected chi connectivity index (χ1v) is 6.53. The maximum absolute atomic E-state index is 5.64. The van der Waals surface area contributed by atoms with Gasteiger partial charge in [-0.2, -0.15) is 0 Å². The number of allylic oxidation sites excluding steroid dienone is 1. The maximum atomic E-state index is 5.64. The second-order valence-electron chi connectivity index (χ2n) is 4.59. The lowest BCUT2D eigenvalue weighted by Crippen LogP contribution is -2.36. The summed E-state index contributed by atoms with van der Waals surface area (Å²) in [6, 6.07) is 0.433. The summed E-state index contributed by atoms with van der Waals surface area (Å²) in [5.74, 6) is 5.64. The zero-order valence-corrected chi connectivity index (χ0v) is 10.1. The lowest BCUT2D eigenvalue weighted by molar-refractivity contribution is 0.497. The van der Waals surface area contributed by atoms with Crippen LogP contribution < -0.4 is 11.3 Å². The highest BCUT2D eigenvalue weighted by Crippen LogP contribution is 2.21. The second kappa shape index (κ2) is 7.89. The molecule has 0 bridgehead atoms. The van der Waals surface area contributed by atoms with Crippen LogP contribution in [0.25, 0.3) is 0 Å². The molecule has 0 aliphatic heterocycles. The second-order valence-corrected chi connectivity index (χ2v) is 4.59. The standard InChI is InChI=1S/C13H26N2/c1-2-3-11-13(15-14)12-9-7-5-4-6-8-10-12/h9,13,15H,2-8,10-11,14H2,1H3. The van der Waals surface area contributed by atoms with Gasteiger partial charge in [-0.05, 0) is 32.1 Å². The molecule has 1 aliphatic carbocycles. The Balaban J connectivity index is 2.47. The van der Waals surface area contributed by atoms with Gasteiger partial charge in [0, 0.05) is 6.04 Å². The Labute approximate surface area is 94.3 Å². The third-order valence-electron chi connectivity index (χ3n) is 3.32. The number of unbranched alkanes of at least 4 members (excludes halogenated alkanes) is 1. The van der Waals surface area contributed by atoms with Gasteiger partial charge in [-0.1, -0.05) is 44.3 Å². The van der Waals surface area contributed by atoms with Crippen molar-refractivity contribution in [1.29, 1.82) is 0 Å². The Morgan fingerprint density at radius 2 is 2.13 bits per heavy atom. The fourth-order valence-electron chi connectivity index (χ4n) is 2.32. The summed E-state index contributed by atoms with van der Waals surface area (Å²) < 4.78 is 0. The fraction of sp³-hybridized carbons (Fsp3) is 0.846. The van der Waals surface area contributed by atoms with Crippen LogP contribution in [0.1, 0.15) is 64.7 Å². The molecule has 2 nitrogen and oxygen atoms in total. The van der Waals surface area contributed by atoms with E-state index < -0.39 is 0 Å². The molecule has 0 spiro atoms. The van der Waals surface area contributed by atoms with Crippen molar-refractivity contribution in [2.24, 2.45) is 5.84 Å². The summed E-state index contributed by atoms with van der Waals surface area (Å²) in [6.45, 7) is 2.24. The van der Waals surface area contributed by atoms with Crippen LogP contribution >= 0.6 is 0 Å². The molecule has 0 saturated heterocycles. The Bertz CT molecular complexity index is 187. The lowest BCUT2D eigenvalue weighted by Gasteiger charge is -2.21. The van der Waals surface area contributed by atoms with Gasteiger partial charge >= 0.3 is 0 Å². The number of hydrogen-bond donors (Lipinski definition) is 2. The van der Waals surface area contributed by atoms with Gasteiger partial charge in [0.05, 0.1) is 0 Å². The third-order valence-corrected chi connectivity index (χ3v) is 3.32. The van der Waals surface area contributed by atoms with Crippen LogP contribution in [0.2, 0.25) is 0 Å². The van der Waals surface area contributed by atoms with Gasteiger partial charge in [-0.3, -0.25) is 11.3 Å². The van der Waals surface area contributed by atoms with Crippen molar-refractivity contribution in [3.8, 4) is 0 Å². The molecule has 0 aromatic rings. The van der Waals surface area contributed by atoms with Crippen molar-refractivity contribution in [2.75, 3.05) is 0 Å². The van der Waals surface area contributed by atoms with Crippen LogP contribution in [-0.2, 0) is 0 Å². The Morgan fingerprint density at radius 3 is 2.87 bits per heavy atom. The number of hydrogen-bond acceptors (Lipinski definition) is 2. The predicted octanol–water partition coefficient (Wildman–Crippen LogP) is 3.29. The van der Waals surface area contributed by atoms with E-state index >= 15 is 0 Å². The molecule has 2 heteroatoms. The zero-order chi connectivity index (χ0) is 10.9. The Morgan fingerprint density at radius 1 is 1.33 bits per heavy atom. The Kier molecular flexibility index (Phi) is 6.69. The van der Waals surface area contributed by atoms with Crippen molar-refractivity contribution < 1.29 is 0 Å². The molecule has 1 aliphatic rings. The van der Waals surface area contributed by atoms with Gasteiger partial charge < -0.3 is 0 Å². The minimum atomic E-state index is 0.433. The summed E-state index contributed by atoms with van der Waals surface area (Å²) in [6.07, 6.45) is 14.1. The van der Waals surface area contributed by atoms with Gasteiger partial charge in [-0.15, -0.1) is 0 Å². The average molecular weight is 210 g/mol. The minimum Gasteiger partial charge on any atom is -0.271 e. The molecule has 1 atom stereocenters. The first-order valence-electron chi connectivity index (χ1n) is 6.53. The molecule has 3 N–H and O–H groups in total. The van der Waals surface area contributed by atoms with Gasteiger partial charge in [0.25, 0.3) is 0 Å². The lowest BCUT2D eigenvalue weighted by atomic mass is 9.92. The van der Waals surface area contributed by atoms with Crippen LogP contribution in [0.5, 0.6) is 0 Å². The topological polar surface area (TPSA) is 38.0 Å². The quantitative estimate of drug-likeness (QED) is 0.415. The van der Waals surface area contributed by atoms with Crippen LogP contribution in [0.3, 0.4) is 0 Å². The molecule has 1 rings (SSSR count). The molecule has 0 aromatic heterocycles. The summed E-state index contributed by atoms with van der Waals surface area (Å²) in [5.41, 5.74) is 4.55. The smallest absolute Gasteiger partial charge is 0.0419 e. The molecule has 1 unspecified atom stereocenters. The van der Waals surface area contributed by atoms with E-state index in [0.717, 1.165) is 0 Å². The van der Waals surface area contributed by atoms with E-state index in [1.807, 2.05) is 0 Å². The van der Waals surface area contributed by atoms with Crippen molar-refractivity contribution >= 4 is 0 Å². The van der Waals surface area contributed by atoms with Crippen LogP contribution in [-0.4, -0.2) is 6.04 Å². The number of nitrogens with two attached hydrogens (primary N) is 1. The Hall–Kier alpha value is -0.340. The van der Waals surface area contributed by atoms with Crippen LogP contribution in [0.4, 0.5) is 0 Å². The summed E-state index contributed by atoms with van der Waals surface area (Å²) in [7, 11) is 0. The molecule has 0 aromatic carbocycles. The van der Waals surface area contributed by atoms with Crippen LogP contribution in [0, 0.1) is 0 Å². The fourth-order valence-corrected chi connectivity index (χ4v) is 2.32. The van der Waals surface area contributed by atoms with Gasteiger partial charge in [0.2, 0.25) is 0 Å². The largest absolute Gasteiger partial charge is 0.271 e. The number of rotatable bonds is 5. The molecule has 88 valence electrons. The molecular weight excluding hydrogens is 184 g/mol. The van der Waals surface area contributed by atoms with E-state index in [4.69, 9.17) is 5.84 Å². The van der Waals surface area contributed by atoms with Crippen molar-refractivity contribution in [3.05, 3.63) is 11.6 Å². The number of hydrazine groups is 1. The highest BCUT2D eigenvalue weighted by Gasteiger charge is 2.12. The highest BCUT2D eigenvalue weighted by atomic mass is 15.2. The number of nitrogens with one attached hydrogen (secondary N) is 1. The predicted molar refractivity (Wildman–Crippen MR) is 66.4 cm³/mol. The molecule has 0 fully saturated rings. The molecule has 0 heterocycles. The molecular formula is C13H26N2. The summed E-state index contributed by atoms with van der Waals surface area (Å²) >= 11 is 0. The van der Waals surface area contributed by atoms with Gasteiger partial charge in [0.15, 0.2) is 0 Å². The molecule has 0 saturated carbocycles. The average Bonchev–Trinajstić information content (AvgIpc) is 2.21. The molecule has 0 amide bonds. The van der Waals surface area contributed by atoms with E-state index in [-0.39, 0.29) is 0 Å². The van der Waals surface area contributed by atoms with Gasteiger partial charge in [-0.25, -0.2) is 0 Å². The van der Waals surface area contributed by atoms with E-state index in [1.165, 1.54) is 57.8 Å². The normalized spacial score (nSPS) is 20.3. The summed E-state index contributed by atoms with van der Waals surface area (Å²) in [4.78, 5) is 0. The van der Waals surface area contributed by atoms with E-state index in [1.54, 1.807) is 5.57 Å². The first kappa shape index (κ1) is 12.7. The minimum absolute atomic E-state index is 0.433. The van der Waals surface area contributed by atoms with E-state index in [2.05, 4.69) is 18.4 Å². The van der Waals surface area contributed by atoms with Crippen molar-refractivity contribution in [1.82, 2.24) is 5.43 Å². The maximum Gasteiger partial charge on any atom is 0.0419 e. The zero-order valence-electron chi connectivity index (χ0n) is 10.1. The SMILES string of the molecule is CCCCC(NN)C1=CCCCCCC1. The monoisotopic (exact) mass is 210 g/mol. The summed E-state index contributed by atoms with van der Waals surface area (Å²) in [5, 5.41) is 0. The van der Waals surface area contributed by atoms with Gasteiger partial charge in [0.1, 0.15) is 0 Å². The van der Waals surface area contributed by atoms with Crippen molar-refractivity contribution in [3.63, 3.8) is 0 Å². The highest BCUT2D eigenvalue weighted by molar-refractivity contribution is 5.11. The van der Waals surface area contributed by atoms with Crippen LogP contribution in [0.15, 0.2) is 11.6 Å². The van der Waals surface area contributed by atoms with Crippen molar-refractivity contribution in [2.45, 2.75) is 70.8 Å². The van der Waals surface area contributed by atoms with E-state index in [0.29, 0.717) is 6.04 Å².